The minimum absolute atomic E-state index is 0.0405. The van der Waals surface area contributed by atoms with Gasteiger partial charge in [-0.1, -0.05) is 29.3 Å². The molecule has 0 bridgehead atoms. The van der Waals surface area contributed by atoms with E-state index in [4.69, 9.17) is 11.6 Å². The first-order valence-electron chi connectivity index (χ1n) is 7.74. The van der Waals surface area contributed by atoms with Gasteiger partial charge in [0.05, 0.1) is 10.6 Å². The Balaban J connectivity index is 2.19. The summed E-state index contributed by atoms with van der Waals surface area (Å²) in [4.78, 5) is 12.2. The van der Waals surface area contributed by atoms with Crippen LogP contribution in [0.2, 0.25) is 5.02 Å². The number of hydrogen-bond donors (Lipinski definition) is 2. The SMILES string of the molecule is Cc1ccc(NC(=O)/C(C#N)=C\Nc2ccc(Cl)c(C(F)(F)F)c2)c(C)c1. The number of hydrogen-bond acceptors (Lipinski definition) is 3. The van der Waals surface area contributed by atoms with E-state index in [9.17, 15) is 23.2 Å². The Morgan fingerprint density at radius 1 is 1.19 bits per heavy atom. The molecule has 140 valence electrons. The van der Waals surface area contributed by atoms with Crippen molar-refractivity contribution in [1.82, 2.24) is 0 Å². The molecule has 2 rings (SSSR count). The topological polar surface area (TPSA) is 64.9 Å². The highest BCUT2D eigenvalue weighted by atomic mass is 35.5. The van der Waals surface area contributed by atoms with E-state index in [1.165, 1.54) is 6.07 Å². The minimum atomic E-state index is -4.61. The van der Waals surface area contributed by atoms with E-state index >= 15 is 0 Å². The van der Waals surface area contributed by atoms with Gasteiger partial charge in [-0.3, -0.25) is 4.79 Å². The third kappa shape index (κ3) is 5.25. The fourth-order valence-electron chi connectivity index (χ4n) is 2.28. The normalized spacial score (nSPS) is 11.7. The summed E-state index contributed by atoms with van der Waals surface area (Å²) in [5.74, 6) is -0.679. The Labute approximate surface area is 159 Å². The van der Waals surface area contributed by atoms with Crippen LogP contribution < -0.4 is 10.6 Å². The number of nitrogens with zero attached hydrogens (tertiary/aromatic N) is 1. The fourth-order valence-corrected chi connectivity index (χ4v) is 2.50. The summed E-state index contributed by atoms with van der Waals surface area (Å²) in [6.07, 6.45) is -3.57. The Kier molecular flexibility index (Phi) is 6.13. The first kappa shape index (κ1) is 20.3. The third-order valence-corrected chi connectivity index (χ3v) is 3.98. The van der Waals surface area contributed by atoms with Crippen molar-refractivity contribution in [3.05, 3.63) is 69.9 Å². The Hall–Kier alpha value is -2.98. The molecule has 0 fully saturated rings. The number of amides is 1. The lowest BCUT2D eigenvalue weighted by atomic mass is 10.1. The quantitative estimate of drug-likeness (QED) is 0.537. The lowest BCUT2D eigenvalue weighted by molar-refractivity contribution is -0.137. The van der Waals surface area contributed by atoms with Gasteiger partial charge in [-0.2, -0.15) is 18.4 Å². The monoisotopic (exact) mass is 393 g/mol. The van der Waals surface area contributed by atoms with Crippen molar-refractivity contribution in [2.24, 2.45) is 0 Å². The van der Waals surface area contributed by atoms with E-state index in [2.05, 4.69) is 10.6 Å². The van der Waals surface area contributed by atoms with Gasteiger partial charge in [-0.25, -0.2) is 0 Å². The molecule has 2 aromatic rings. The summed E-state index contributed by atoms with van der Waals surface area (Å²) in [5, 5.41) is 13.9. The second kappa shape index (κ2) is 8.14. The molecule has 2 aromatic carbocycles. The number of alkyl halides is 3. The largest absolute Gasteiger partial charge is 0.417 e. The maximum absolute atomic E-state index is 12.9. The highest BCUT2D eigenvalue weighted by Gasteiger charge is 2.33. The number of nitrogens with one attached hydrogen (secondary N) is 2. The molecule has 0 spiro atoms. The molecule has 0 saturated heterocycles. The molecule has 0 atom stereocenters. The number of nitriles is 1. The molecule has 2 N–H and O–H groups in total. The lowest BCUT2D eigenvalue weighted by Gasteiger charge is -2.11. The van der Waals surface area contributed by atoms with Crippen LogP contribution in [0.3, 0.4) is 0 Å². The molecule has 0 saturated carbocycles. The number of benzene rings is 2. The molecule has 1 amide bonds. The van der Waals surface area contributed by atoms with Gasteiger partial charge >= 0.3 is 6.18 Å². The van der Waals surface area contributed by atoms with E-state index in [-0.39, 0.29) is 11.3 Å². The molecule has 0 aliphatic carbocycles. The van der Waals surface area contributed by atoms with E-state index in [1.807, 2.05) is 26.0 Å². The average Bonchev–Trinajstić information content (AvgIpc) is 2.58. The summed E-state index contributed by atoms with van der Waals surface area (Å²) in [6, 6.07) is 10.3. The molecule has 0 aromatic heterocycles. The molecule has 0 unspecified atom stereocenters. The molecule has 0 heterocycles. The number of carbonyl (C=O) groups excluding carboxylic acids is 1. The van der Waals surface area contributed by atoms with Crippen LogP contribution in [-0.2, 0) is 11.0 Å². The van der Waals surface area contributed by atoms with Crippen LogP contribution in [0.4, 0.5) is 24.5 Å². The van der Waals surface area contributed by atoms with Crippen LogP contribution in [0.15, 0.2) is 48.2 Å². The summed E-state index contributed by atoms with van der Waals surface area (Å²) in [7, 11) is 0. The van der Waals surface area contributed by atoms with E-state index in [1.54, 1.807) is 12.1 Å². The van der Waals surface area contributed by atoms with Crippen LogP contribution in [0, 0.1) is 25.2 Å². The predicted octanol–water partition coefficient (Wildman–Crippen LogP) is 5.43. The highest BCUT2D eigenvalue weighted by Crippen LogP contribution is 2.36. The van der Waals surface area contributed by atoms with E-state index in [0.29, 0.717) is 5.69 Å². The summed E-state index contributed by atoms with van der Waals surface area (Å²) in [6.45, 7) is 3.72. The first-order valence-corrected chi connectivity index (χ1v) is 8.12. The summed E-state index contributed by atoms with van der Waals surface area (Å²) < 4.78 is 38.7. The summed E-state index contributed by atoms with van der Waals surface area (Å²) >= 11 is 5.56. The maximum Gasteiger partial charge on any atom is 0.417 e. The Morgan fingerprint density at radius 3 is 2.48 bits per heavy atom. The van der Waals surface area contributed by atoms with Gasteiger partial charge in [0.2, 0.25) is 0 Å². The smallest absolute Gasteiger partial charge is 0.360 e. The zero-order valence-electron chi connectivity index (χ0n) is 14.4. The van der Waals surface area contributed by atoms with E-state index in [0.717, 1.165) is 29.5 Å². The Bertz CT molecular complexity index is 946. The maximum atomic E-state index is 12.9. The van der Waals surface area contributed by atoms with Gasteiger partial charge in [0, 0.05) is 17.6 Å². The number of halogens is 4. The number of anilines is 2. The summed E-state index contributed by atoms with van der Waals surface area (Å²) in [5.41, 5.74) is 1.11. The molecule has 4 nitrogen and oxygen atoms in total. The molecule has 0 aliphatic rings. The average molecular weight is 394 g/mol. The molecule has 8 heteroatoms. The van der Waals surface area contributed by atoms with Crippen LogP contribution in [-0.4, -0.2) is 5.91 Å². The van der Waals surface area contributed by atoms with Crippen LogP contribution in [0.1, 0.15) is 16.7 Å². The molecule has 0 aliphatic heterocycles. The van der Waals surface area contributed by atoms with Gasteiger partial charge in [0.15, 0.2) is 0 Å². The van der Waals surface area contributed by atoms with Crippen molar-refractivity contribution in [2.75, 3.05) is 10.6 Å². The van der Waals surface area contributed by atoms with E-state index < -0.39 is 22.7 Å². The molecular formula is C19H15ClF3N3O. The first-order chi connectivity index (χ1) is 12.6. The van der Waals surface area contributed by atoms with Gasteiger partial charge in [-0.05, 0) is 43.7 Å². The fraction of sp³-hybridized carbons (Fsp3) is 0.158. The van der Waals surface area contributed by atoms with Crippen molar-refractivity contribution >= 4 is 28.9 Å². The third-order valence-electron chi connectivity index (χ3n) is 3.65. The van der Waals surface area contributed by atoms with Gasteiger partial charge in [-0.15, -0.1) is 0 Å². The van der Waals surface area contributed by atoms with Gasteiger partial charge < -0.3 is 10.6 Å². The van der Waals surface area contributed by atoms with Crippen LogP contribution in [0.5, 0.6) is 0 Å². The predicted molar refractivity (Wildman–Crippen MR) is 98.3 cm³/mol. The zero-order valence-corrected chi connectivity index (χ0v) is 15.2. The van der Waals surface area contributed by atoms with Crippen molar-refractivity contribution < 1.29 is 18.0 Å². The van der Waals surface area contributed by atoms with Crippen molar-refractivity contribution in [1.29, 1.82) is 5.26 Å². The van der Waals surface area contributed by atoms with Gasteiger partial charge in [0.25, 0.3) is 5.91 Å². The second-order valence-corrected chi connectivity index (χ2v) is 6.19. The Morgan fingerprint density at radius 2 is 1.89 bits per heavy atom. The van der Waals surface area contributed by atoms with Crippen molar-refractivity contribution in [3.8, 4) is 6.07 Å². The van der Waals surface area contributed by atoms with Crippen LogP contribution >= 0.6 is 11.6 Å². The number of aryl methyl sites for hydroxylation is 2. The minimum Gasteiger partial charge on any atom is -0.360 e. The molecule has 0 radical (unpaired) electrons. The zero-order chi connectivity index (χ0) is 20.2. The highest BCUT2D eigenvalue weighted by molar-refractivity contribution is 6.31. The second-order valence-electron chi connectivity index (χ2n) is 5.78. The van der Waals surface area contributed by atoms with Crippen molar-refractivity contribution in [2.45, 2.75) is 20.0 Å². The lowest BCUT2D eigenvalue weighted by Crippen LogP contribution is -2.15. The number of rotatable bonds is 4. The van der Waals surface area contributed by atoms with Crippen LogP contribution in [0.25, 0.3) is 0 Å². The number of carbonyl (C=O) groups is 1. The molecular weight excluding hydrogens is 379 g/mol. The standard InChI is InChI=1S/C19H15ClF3N3O/c1-11-3-6-17(12(2)7-11)26-18(27)13(9-24)10-25-14-4-5-16(20)15(8-14)19(21,22)23/h3-8,10,25H,1-2H3,(H,26,27)/b13-10-. The van der Waals surface area contributed by atoms with Gasteiger partial charge in [0.1, 0.15) is 11.6 Å². The van der Waals surface area contributed by atoms with Crippen molar-refractivity contribution in [3.63, 3.8) is 0 Å². The molecule has 27 heavy (non-hydrogen) atoms.